The van der Waals surface area contributed by atoms with Gasteiger partial charge in [-0.15, -0.1) is 0 Å². The van der Waals surface area contributed by atoms with Gasteiger partial charge in [0.25, 0.3) is 0 Å². The number of benzene rings is 2. The molecular weight excluding hydrogens is 632 g/mol. The van der Waals surface area contributed by atoms with Crippen LogP contribution in [0.2, 0.25) is 0 Å². The first-order valence-electron chi connectivity index (χ1n) is 16.9. The number of hydrogen-bond donors (Lipinski definition) is 2. The number of hydrogen-bond acceptors (Lipinski definition) is 10. The molecule has 0 spiro atoms. The van der Waals surface area contributed by atoms with Crippen LogP contribution in [0.3, 0.4) is 0 Å². The Hall–Kier alpha value is -3.55. The maximum atomic E-state index is 13.0. The minimum Gasteiger partial charge on any atom is -0.460 e. The summed E-state index contributed by atoms with van der Waals surface area (Å²) in [7, 11) is 0. The molecule has 0 radical (unpaired) electrons. The molecule has 0 aliphatic heterocycles. The summed E-state index contributed by atoms with van der Waals surface area (Å²) >= 11 is 0. The van der Waals surface area contributed by atoms with Crippen molar-refractivity contribution in [1.29, 1.82) is 0 Å². The Balaban J connectivity index is 1.27. The number of fused-ring (bicyclic) bond motifs is 3. The number of amides is 2. The Morgan fingerprint density at radius 3 is 1.73 bits per heavy atom. The molecule has 0 fully saturated rings. The first kappa shape index (κ1) is 39.9. The smallest absolute Gasteiger partial charge is 0.407 e. The molecule has 0 bridgehead atoms. The van der Waals surface area contributed by atoms with Crippen molar-refractivity contribution in [3.8, 4) is 11.1 Å². The van der Waals surface area contributed by atoms with Crippen molar-refractivity contribution in [3.05, 3.63) is 59.7 Å². The van der Waals surface area contributed by atoms with Crippen LogP contribution in [-0.2, 0) is 42.7 Å². The van der Waals surface area contributed by atoms with Crippen molar-refractivity contribution in [3.63, 3.8) is 0 Å². The minimum absolute atomic E-state index is 0.0193. The van der Waals surface area contributed by atoms with Crippen molar-refractivity contribution in [2.45, 2.75) is 71.1 Å². The van der Waals surface area contributed by atoms with Crippen molar-refractivity contribution in [2.75, 3.05) is 72.6 Å². The summed E-state index contributed by atoms with van der Waals surface area (Å²) in [6.45, 7) is 14.3. The highest BCUT2D eigenvalue weighted by atomic mass is 16.6. The summed E-state index contributed by atoms with van der Waals surface area (Å²) in [5.41, 5.74) is 3.48. The predicted molar refractivity (Wildman–Crippen MR) is 184 cm³/mol. The molecule has 12 heteroatoms. The minimum atomic E-state index is -0.950. The van der Waals surface area contributed by atoms with Crippen LogP contribution in [0.4, 0.5) is 4.79 Å². The maximum absolute atomic E-state index is 13.0. The fourth-order valence-corrected chi connectivity index (χ4v) is 4.98. The normalized spacial score (nSPS) is 13.3. The highest BCUT2D eigenvalue weighted by molar-refractivity contribution is 5.86. The van der Waals surface area contributed by atoms with Gasteiger partial charge in [0, 0.05) is 12.5 Å². The molecule has 0 heterocycles. The zero-order valence-electron chi connectivity index (χ0n) is 29.8. The molecular formula is C37H54N2O10. The molecule has 0 unspecified atom stereocenters. The Labute approximate surface area is 290 Å². The lowest BCUT2D eigenvalue weighted by molar-refractivity contribution is -0.156. The van der Waals surface area contributed by atoms with Crippen molar-refractivity contribution >= 4 is 18.0 Å². The number of rotatable bonds is 21. The fourth-order valence-electron chi connectivity index (χ4n) is 4.98. The Morgan fingerprint density at radius 2 is 1.20 bits per heavy atom. The van der Waals surface area contributed by atoms with E-state index >= 15 is 0 Å². The van der Waals surface area contributed by atoms with Crippen LogP contribution in [0.1, 0.15) is 65.0 Å². The number of carbonyl (C=O) groups excluding carboxylic acids is 3. The first-order chi connectivity index (χ1) is 23.3. The summed E-state index contributed by atoms with van der Waals surface area (Å²) in [5, 5.41) is 5.47. The van der Waals surface area contributed by atoms with Gasteiger partial charge in [-0.1, -0.05) is 48.5 Å². The van der Waals surface area contributed by atoms with Gasteiger partial charge in [-0.2, -0.15) is 0 Å². The highest BCUT2D eigenvalue weighted by Gasteiger charge is 2.30. The summed E-state index contributed by atoms with van der Waals surface area (Å²) in [5.74, 6) is -0.777. The van der Waals surface area contributed by atoms with Gasteiger partial charge in [-0.25, -0.2) is 4.79 Å². The lowest BCUT2D eigenvalue weighted by Crippen LogP contribution is -2.51. The average molecular weight is 687 g/mol. The zero-order valence-corrected chi connectivity index (χ0v) is 29.8. The van der Waals surface area contributed by atoms with E-state index in [1.54, 1.807) is 0 Å². The van der Waals surface area contributed by atoms with Gasteiger partial charge in [0.2, 0.25) is 5.91 Å². The monoisotopic (exact) mass is 686 g/mol. The number of esters is 1. The van der Waals surface area contributed by atoms with Gasteiger partial charge in [-0.3, -0.25) is 9.59 Å². The molecule has 2 aromatic rings. The Morgan fingerprint density at radius 1 is 0.694 bits per heavy atom. The topological polar surface area (TPSA) is 140 Å². The molecule has 1 aliphatic rings. The second-order valence-electron chi connectivity index (χ2n) is 13.5. The maximum Gasteiger partial charge on any atom is 0.407 e. The van der Waals surface area contributed by atoms with Gasteiger partial charge in [0.1, 0.15) is 18.2 Å². The summed E-state index contributed by atoms with van der Waals surface area (Å²) < 4.78 is 38.6. The third-order valence-electron chi connectivity index (χ3n) is 7.17. The fraction of sp³-hybridized carbons (Fsp3) is 0.595. The molecule has 1 atom stereocenters. The molecule has 2 amide bonds. The van der Waals surface area contributed by atoms with E-state index in [4.69, 9.17) is 33.2 Å². The molecule has 0 saturated carbocycles. The first-order valence-corrected chi connectivity index (χ1v) is 16.9. The van der Waals surface area contributed by atoms with Crippen molar-refractivity contribution < 1.29 is 47.5 Å². The van der Waals surface area contributed by atoms with Crippen LogP contribution in [0.15, 0.2) is 48.5 Å². The third kappa shape index (κ3) is 15.3. The van der Waals surface area contributed by atoms with E-state index in [1.807, 2.05) is 65.8 Å². The van der Waals surface area contributed by atoms with Crippen molar-refractivity contribution in [1.82, 2.24) is 10.6 Å². The summed E-state index contributed by atoms with van der Waals surface area (Å²) in [6, 6.07) is 15.3. The second kappa shape index (κ2) is 20.2. The molecule has 1 aliphatic carbocycles. The Bertz CT molecular complexity index is 1280. The molecule has 272 valence electrons. The quantitative estimate of drug-likeness (QED) is 0.141. The second-order valence-corrected chi connectivity index (χ2v) is 13.5. The van der Waals surface area contributed by atoms with E-state index in [0.717, 1.165) is 22.3 Å². The third-order valence-corrected chi connectivity index (χ3v) is 7.17. The van der Waals surface area contributed by atoms with Gasteiger partial charge < -0.3 is 43.8 Å². The van der Waals surface area contributed by atoms with Crippen LogP contribution in [-0.4, -0.2) is 108 Å². The SMILES string of the molecule is CC(C)(C)OC[C@H](NC(=O)OCC1c2ccccc2-c2ccccc21)C(=O)NCCOCCOCCOCCOCCC(=O)OC(C)(C)C. The van der Waals surface area contributed by atoms with Gasteiger partial charge in [-0.05, 0) is 63.8 Å². The van der Waals surface area contributed by atoms with Gasteiger partial charge in [0.15, 0.2) is 0 Å². The van der Waals surface area contributed by atoms with E-state index in [2.05, 4.69) is 34.9 Å². The van der Waals surface area contributed by atoms with Gasteiger partial charge >= 0.3 is 12.1 Å². The van der Waals surface area contributed by atoms with E-state index in [1.165, 1.54) is 0 Å². The van der Waals surface area contributed by atoms with Gasteiger partial charge in [0.05, 0.1) is 71.5 Å². The van der Waals surface area contributed by atoms with Crippen molar-refractivity contribution in [2.24, 2.45) is 0 Å². The Kier molecular flexibility index (Phi) is 16.4. The zero-order chi connectivity index (χ0) is 35.7. The standard InChI is InChI=1S/C37H54N2O10/c1-36(2,3)48-26-32(39-35(42)47-25-31-29-13-9-7-11-27(29)28-12-8-10-14-30(28)31)34(41)38-16-18-44-20-22-46-24-23-45-21-19-43-17-15-33(40)49-37(4,5)6/h7-14,31-32H,15-26H2,1-6H3,(H,38,41)(H,39,42)/t32-/m0/s1. The van der Waals surface area contributed by atoms with Crippen LogP contribution in [0.5, 0.6) is 0 Å². The van der Waals surface area contributed by atoms with Crippen LogP contribution < -0.4 is 10.6 Å². The number of nitrogens with one attached hydrogen (secondary N) is 2. The number of carbonyl (C=O) groups is 3. The van der Waals surface area contributed by atoms with Crippen LogP contribution >= 0.6 is 0 Å². The molecule has 0 aromatic heterocycles. The van der Waals surface area contributed by atoms with E-state index in [9.17, 15) is 14.4 Å². The van der Waals surface area contributed by atoms with E-state index in [-0.39, 0.29) is 51.3 Å². The molecule has 49 heavy (non-hydrogen) atoms. The highest BCUT2D eigenvalue weighted by Crippen LogP contribution is 2.44. The number of ether oxygens (including phenoxy) is 7. The molecule has 12 nitrogen and oxygen atoms in total. The lowest BCUT2D eigenvalue weighted by atomic mass is 9.98. The molecule has 3 rings (SSSR count). The molecule has 2 aromatic carbocycles. The summed E-state index contributed by atoms with van der Waals surface area (Å²) in [6.07, 6.45) is -0.489. The average Bonchev–Trinajstić information content (AvgIpc) is 3.36. The molecule has 0 saturated heterocycles. The van der Waals surface area contributed by atoms with Crippen LogP contribution in [0, 0.1) is 0 Å². The number of alkyl carbamates (subject to hydrolysis) is 1. The summed E-state index contributed by atoms with van der Waals surface area (Å²) in [4.78, 5) is 37.5. The van der Waals surface area contributed by atoms with E-state index < -0.39 is 29.2 Å². The predicted octanol–water partition coefficient (Wildman–Crippen LogP) is 4.62. The largest absolute Gasteiger partial charge is 0.460 e. The molecule has 2 N–H and O–H groups in total. The van der Waals surface area contributed by atoms with Crippen LogP contribution in [0.25, 0.3) is 11.1 Å². The lowest BCUT2D eigenvalue weighted by Gasteiger charge is -2.25. The van der Waals surface area contributed by atoms with E-state index in [0.29, 0.717) is 39.6 Å².